The largest absolute Gasteiger partial charge is 0.376 e. The zero-order chi connectivity index (χ0) is 20.1. The summed E-state index contributed by atoms with van der Waals surface area (Å²) in [5.74, 6) is 0. The van der Waals surface area contributed by atoms with Crippen molar-refractivity contribution >= 4 is 16.5 Å². The molecule has 2 heterocycles. The van der Waals surface area contributed by atoms with Crippen molar-refractivity contribution in [3.05, 3.63) is 75.3 Å². The maximum Gasteiger partial charge on any atom is 0.253 e. The topological polar surface area (TPSA) is 64.0 Å². The van der Waals surface area contributed by atoms with Gasteiger partial charge in [-0.15, -0.1) is 0 Å². The molecule has 2 atom stereocenters. The van der Waals surface area contributed by atoms with Crippen LogP contribution in [0.1, 0.15) is 35.3 Å². The lowest BCUT2D eigenvalue weighted by atomic mass is 10.1. The molecule has 2 rings (SSSR count). The quantitative estimate of drug-likeness (QED) is 0.871. The van der Waals surface area contributed by atoms with Gasteiger partial charge in [0.15, 0.2) is 0 Å². The number of anilines is 1. The van der Waals surface area contributed by atoms with Crippen LogP contribution in [0.2, 0.25) is 0 Å². The summed E-state index contributed by atoms with van der Waals surface area (Å²) in [6.07, 6.45) is 3.38. The van der Waals surface area contributed by atoms with Gasteiger partial charge in [-0.3, -0.25) is 9.00 Å². The Hall–Kier alpha value is -2.47. The number of hydrogen-bond donors (Lipinski definition) is 1. The second-order valence-electron chi connectivity index (χ2n) is 6.77. The van der Waals surface area contributed by atoms with E-state index in [4.69, 9.17) is 0 Å². The van der Waals surface area contributed by atoms with Crippen LogP contribution in [-0.4, -0.2) is 20.0 Å². The lowest BCUT2D eigenvalue weighted by Crippen LogP contribution is -2.16. The number of hydrogen-bond acceptors (Lipinski definition) is 4. The first-order valence-electron chi connectivity index (χ1n) is 8.78. The van der Waals surface area contributed by atoms with E-state index in [-0.39, 0.29) is 11.6 Å². The number of nitrogens with zero attached hydrogens (tertiary/aromatic N) is 2. The summed E-state index contributed by atoms with van der Waals surface area (Å²) >= 11 is 0. The number of rotatable bonds is 4. The lowest BCUT2D eigenvalue weighted by molar-refractivity contribution is 0.683. The van der Waals surface area contributed by atoms with E-state index in [9.17, 15) is 9.00 Å². The van der Waals surface area contributed by atoms with Gasteiger partial charge >= 0.3 is 0 Å². The Morgan fingerprint density at radius 3 is 2.52 bits per heavy atom. The summed E-state index contributed by atoms with van der Waals surface area (Å²) in [7, 11) is 0.563. The Morgan fingerprint density at radius 1 is 1.15 bits per heavy atom. The molecule has 1 unspecified atom stereocenters. The van der Waals surface area contributed by atoms with Crippen LogP contribution >= 0.6 is 0 Å². The van der Waals surface area contributed by atoms with Crippen molar-refractivity contribution < 1.29 is 4.21 Å². The van der Waals surface area contributed by atoms with Crippen LogP contribution < -0.4 is 10.9 Å². The highest BCUT2D eigenvalue weighted by Crippen LogP contribution is 2.23. The van der Waals surface area contributed by atoms with Gasteiger partial charge in [0.05, 0.1) is 16.5 Å². The van der Waals surface area contributed by atoms with Gasteiger partial charge in [0.1, 0.15) is 5.03 Å². The summed E-state index contributed by atoms with van der Waals surface area (Å²) in [6.45, 7) is 7.72. The minimum absolute atomic E-state index is 0.0252. The van der Waals surface area contributed by atoms with Crippen molar-refractivity contribution in [3.8, 4) is 0 Å². The monoisotopic (exact) mass is 385 g/mol. The smallest absolute Gasteiger partial charge is 0.253 e. The van der Waals surface area contributed by atoms with Gasteiger partial charge in [-0.05, 0) is 51.5 Å². The Kier molecular flexibility index (Phi) is 6.91. The fourth-order valence-corrected chi connectivity index (χ4v) is 3.54. The van der Waals surface area contributed by atoms with E-state index in [1.807, 2.05) is 64.1 Å². The molecule has 0 amide bonds. The molecule has 6 heteroatoms. The molecule has 0 fully saturated rings. The molecular formula is C21H27N3O2S. The first-order valence-corrected chi connectivity index (χ1v) is 10.3. The lowest BCUT2D eigenvalue weighted by Gasteiger charge is -2.17. The van der Waals surface area contributed by atoms with Crippen LogP contribution in [-0.2, 0) is 17.8 Å². The third-order valence-electron chi connectivity index (χ3n) is 4.24. The molecule has 0 aliphatic heterocycles. The average molecular weight is 386 g/mol. The van der Waals surface area contributed by atoms with E-state index >= 15 is 0 Å². The zero-order valence-corrected chi connectivity index (χ0v) is 17.6. The third-order valence-corrected chi connectivity index (χ3v) is 5.09. The van der Waals surface area contributed by atoms with E-state index in [1.54, 1.807) is 24.1 Å². The Labute approximate surface area is 163 Å². The van der Waals surface area contributed by atoms with Gasteiger partial charge in [-0.1, -0.05) is 23.8 Å². The molecule has 0 aromatic carbocycles. The van der Waals surface area contributed by atoms with Crippen molar-refractivity contribution in [2.24, 2.45) is 7.05 Å². The highest BCUT2D eigenvalue weighted by Gasteiger charge is 2.12. The van der Waals surface area contributed by atoms with E-state index < -0.39 is 10.8 Å². The van der Waals surface area contributed by atoms with Gasteiger partial charge in [0, 0.05) is 36.8 Å². The number of nitrogens with one attached hydrogen (secondary N) is 1. The molecule has 2 aromatic rings. The average Bonchev–Trinajstić information content (AvgIpc) is 2.60. The van der Waals surface area contributed by atoms with Crippen molar-refractivity contribution in [2.75, 3.05) is 11.6 Å². The second kappa shape index (κ2) is 8.95. The second-order valence-corrected chi connectivity index (χ2v) is 8.06. The molecule has 2 aromatic heterocycles. The summed E-state index contributed by atoms with van der Waals surface area (Å²) in [5.41, 5.74) is 4.30. The van der Waals surface area contributed by atoms with Crippen LogP contribution in [0.4, 0.5) is 5.69 Å². The van der Waals surface area contributed by atoms with Gasteiger partial charge in [-0.25, -0.2) is 4.98 Å². The van der Waals surface area contributed by atoms with Crippen LogP contribution in [0.15, 0.2) is 52.4 Å². The molecule has 0 aliphatic rings. The highest BCUT2D eigenvalue weighted by molar-refractivity contribution is 7.84. The first kappa shape index (κ1) is 20.8. The molecule has 1 N–H and O–H groups in total. The number of aryl methyl sites for hydroxylation is 4. The Morgan fingerprint density at radius 2 is 1.85 bits per heavy atom. The van der Waals surface area contributed by atoms with Crippen molar-refractivity contribution in [1.82, 2.24) is 9.55 Å². The Bertz CT molecular complexity index is 981. The van der Waals surface area contributed by atoms with E-state index in [0.717, 1.165) is 22.5 Å². The highest BCUT2D eigenvalue weighted by atomic mass is 32.2. The minimum Gasteiger partial charge on any atom is -0.376 e. The van der Waals surface area contributed by atoms with Crippen LogP contribution in [0.25, 0.3) is 0 Å². The van der Waals surface area contributed by atoms with Crippen molar-refractivity contribution in [2.45, 2.75) is 38.8 Å². The molecule has 0 saturated heterocycles. The Balaban J connectivity index is 2.50. The molecule has 0 bridgehead atoms. The molecule has 5 nitrogen and oxygen atoms in total. The molecule has 27 heavy (non-hydrogen) atoms. The zero-order valence-electron chi connectivity index (χ0n) is 16.7. The molecule has 0 spiro atoms. The van der Waals surface area contributed by atoms with Crippen LogP contribution in [0.3, 0.4) is 0 Å². The minimum atomic E-state index is -1.18. The third kappa shape index (κ3) is 5.50. The number of pyridine rings is 1. The SMILES string of the molecule is Cc1cc([C@@H](C)Nc2ccc(C)nc2S(C)=O)cccn(C)c(=O)c(C)c1. The molecule has 0 aliphatic carbocycles. The molecule has 144 valence electrons. The van der Waals surface area contributed by atoms with Gasteiger partial charge in [-0.2, -0.15) is 0 Å². The number of aromatic nitrogens is 2. The summed E-state index contributed by atoms with van der Waals surface area (Å²) in [6, 6.07) is 11.6. The fourth-order valence-electron chi connectivity index (χ4n) is 2.83. The maximum atomic E-state index is 12.2. The predicted octanol–water partition coefficient (Wildman–Crippen LogP) is 3.74. The van der Waals surface area contributed by atoms with Gasteiger partial charge in [0.25, 0.3) is 5.56 Å². The first-order chi connectivity index (χ1) is 12.7. The van der Waals surface area contributed by atoms with E-state index in [2.05, 4.69) is 10.3 Å². The van der Waals surface area contributed by atoms with E-state index in [0.29, 0.717) is 10.6 Å². The summed E-state index contributed by atoms with van der Waals surface area (Å²) in [4.78, 5) is 16.6. The van der Waals surface area contributed by atoms with Crippen molar-refractivity contribution in [1.29, 1.82) is 0 Å². The predicted molar refractivity (Wildman–Crippen MR) is 112 cm³/mol. The van der Waals surface area contributed by atoms with Gasteiger partial charge < -0.3 is 9.88 Å². The van der Waals surface area contributed by atoms with E-state index in [1.165, 1.54) is 0 Å². The molecule has 0 radical (unpaired) electrons. The summed E-state index contributed by atoms with van der Waals surface area (Å²) in [5, 5.41) is 3.98. The maximum absolute atomic E-state index is 12.2. The van der Waals surface area contributed by atoms with Crippen LogP contribution in [0.5, 0.6) is 0 Å². The standard InChI is InChI=1S/C21H27N3O2S/c1-14-12-15(2)21(25)24(5)11-7-8-18(13-14)17(4)23-19-10-9-16(3)22-20(19)27(6)26/h7-13,17,23H,1-6H3/t17-,27?/m1/s1. The van der Waals surface area contributed by atoms with Crippen LogP contribution in [0, 0.1) is 20.8 Å². The summed E-state index contributed by atoms with van der Waals surface area (Å²) < 4.78 is 13.6. The fraction of sp³-hybridized carbons (Fsp3) is 0.333. The van der Waals surface area contributed by atoms with Crippen molar-refractivity contribution in [3.63, 3.8) is 0 Å². The molecule has 0 saturated carbocycles. The molecular weight excluding hydrogens is 358 g/mol. The van der Waals surface area contributed by atoms with Gasteiger partial charge in [0.2, 0.25) is 0 Å². The normalized spacial score (nSPS) is 12.8.